The fraction of sp³-hybridized carbons (Fsp3) is 0.316. The Labute approximate surface area is 148 Å². The number of hydrogen-bond donors (Lipinski definition) is 1. The molecule has 1 atom stereocenters. The van der Waals surface area contributed by atoms with Gasteiger partial charge in [0.25, 0.3) is 5.91 Å². The zero-order valence-corrected chi connectivity index (χ0v) is 13.9. The number of benzene rings is 2. The van der Waals surface area contributed by atoms with Gasteiger partial charge < -0.3 is 14.7 Å². The second-order valence-electron chi connectivity index (χ2n) is 6.03. The van der Waals surface area contributed by atoms with E-state index in [4.69, 9.17) is 4.74 Å². The minimum atomic E-state index is -4.45. The van der Waals surface area contributed by atoms with Crippen LogP contribution in [0.4, 0.5) is 13.2 Å². The van der Waals surface area contributed by atoms with Crippen molar-refractivity contribution < 1.29 is 27.8 Å². The van der Waals surface area contributed by atoms with Gasteiger partial charge in [0.05, 0.1) is 31.4 Å². The summed E-state index contributed by atoms with van der Waals surface area (Å²) >= 11 is 0. The number of hydrogen-bond acceptors (Lipinski definition) is 3. The summed E-state index contributed by atoms with van der Waals surface area (Å²) in [6.07, 6.45) is -4.45. The maximum absolute atomic E-state index is 13.2. The van der Waals surface area contributed by atoms with Crippen LogP contribution < -0.4 is 0 Å². The highest BCUT2D eigenvalue weighted by atomic mass is 19.4. The Morgan fingerprint density at radius 2 is 1.85 bits per heavy atom. The highest BCUT2D eigenvalue weighted by Crippen LogP contribution is 2.36. The normalized spacial score (nSPS) is 18.0. The molecule has 138 valence electrons. The van der Waals surface area contributed by atoms with Crippen LogP contribution in [0.25, 0.3) is 11.1 Å². The van der Waals surface area contributed by atoms with E-state index in [0.29, 0.717) is 24.3 Å². The van der Waals surface area contributed by atoms with Gasteiger partial charge in [0, 0.05) is 12.1 Å². The molecule has 1 aliphatic heterocycles. The van der Waals surface area contributed by atoms with E-state index < -0.39 is 17.8 Å². The lowest BCUT2D eigenvalue weighted by Gasteiger charge is -2.34. The van der Waals surface area contributed by atoms with Gasteiger partial charge in [0.1, 0.15) is 0 Å². The average molecular weight is 365 g/mol. The molecule has 1 amide bonds. The van der Waals surface area contributed by atoms with Crippen LogP contribution in [-0.4, -0.2) is 48.3 Å². The van der Waals surface area contributed by atoms with Crippen molar-refractivity contribution in [3.8, 4) is 11.1 Å². The second-order valence-corrected chi connectivity index (χ2v) is 6.03. The van der Waals surface area contributed by atoms with Crippen molar-refractivity contribution in [2.45, 2.75) is 12.2 Å². The summed E-state index contributed by atoms with van der Waals surface area (Å²) in [5.74, 6) is -0.275. The Morgan fingerprint density at radius 1 is 1.15 bits per heavy atom. The molecule has 1 saturated heterocycles. The first-order valence-corrected chi connectivity index (χ1v) is 8.18. The van der Waals surface area contributed by atoms with Gasteiger partial charge in [-0.1, -0.05) is 30.3 Å². The third kappa shape index (κ3) is 3.73. The van der Waals surface area contributed by atoms with Crippen LogP contribution in [0.1, 0.15) is 15.9 Å². The summed E-state index contributed by atoms with van der Waals surface area (Å²) in [5, 5.41) is 9.38. The summed E-state index contributed by atoms with van der Waals surface area (Å²) in [6, 6.07) is 10.9. The fourth-order valence-corrected chi connectivity index (χ4v) is 3.01. The number of aliphatic hydroxyl groups is 1. The number of amides is 1. The van der Waals surface area contributed by atoms with Gasteiger partial charge in [-0.25, -0.2) is 0 Å². The van der Waals surface area contributed by atoms with E-state index in [-0.39, 0.29) is 24.7 Å². The maximum Gasteiger partial charge on any atom is 0.417 e. The molecule has 1 aliphatic rings. The van der Waals surface area contributed by atoms with E-state index in [1.54, 1.807) is 6.07 Å². The zero-order valence-electron chi connectivity index (χ0n) is 13.9. The predicted molar refractivity (Wildman–Crippen MR) is 89.6 cm³/mol. The Kier molecular flexibility index (Phi) is 5.29. The molecule has 2 aromatic rings. The lowest BCUT2D eigenvalue weighted by Crippen LogP contribution is -2.50. The Balaban J connectivity index is 1.87. The van der Waals surface area contributed by atoms with Crippen LogP contribution in [0.2, 0.25) is 0 Å². The predicted octanol–water partition coefficient (Wildman–Crippen LogP) is 3.21. The highest BCUT2D eigenvalue weighted by Gasteiger charge is 2.33. The van der Waals surface area contributed by atoms with Crippen molar-refractivity contribution in [1.82, 2.24) is 4.90 Å². The van der Waals surface area contributed by atoms with E-state index in [2.05, 4.69) is 0 Å². The van der Waals surface area contributed by atoms with Crippen LogP contribution in [0.3, 0.4) is 0 Å². The fourth-order valence-electron chi connectivity index (χ4n) is 3.01. The van der Waals surface area contributed by atoms with Crippen molar-refractivity contribution in [2.24, 2.45) is 0 Å². The monoisotopic (exact) mass is 365 g/mol. The van der Waals surface area contributed by atoms with Crippen LogP contribution in [0.15, 0.2) is 48.5 Å². The first-order chi connectivity index (χ1) is 12.4. The summed E-state index contributed by atoms with van der Waals surface area (Å²) in [5.41, 5.74) is 0.0972. The summed E-state index contributed by atoms with van der Waals surface area (Å²) in [7, 11) is 0. The van der Waals surface area contributed by atoms with E-state index >= 15 is 0 Å². The number of halogens is 3. The molecule has 0 saturated carbocycles. The molecule has 0 unspecified atom stereocenters. The SMILES string of the molecule is O=C(c1ccc(-c2ccccc2C(F)(F)F)cc1)N1CCOC[C@@H]1CO. The summed E-state index contributed by atoms with van der Waals surface area (Å²) < 4.78 is 44.8. The summed E-state index contributed by atoms with van der Waals surface area (Å²) in [4.78, 5) is 14.2. The van der Waals surface area contributed by atoms with Gasteiger partial charge in [-0.2, -0.15) is 13.2 Å². The minimum Gasteiger partial charge on any atom is -0.394 e. The molecule has 0 aliphatic carbocycles. The van der Waals surface area contributed by atoms with Gasteiger partial charge in [0.15, 0.2) is 0 Å². The zero-order chi connectivity index (χ0) is 18.7. The quantitative estimate of drug-likeness (QED) is 0.909. The number of aliphatic hydroxyl groups excluding tert-OH is 1. The molecule has 26 heavy (non-hydrogen) atoms. The first-order valence-electron chi connectivity index (χ1n) is 8.18. The molecule has 1 heterocycles. The minimum absolute atomic E-state index is 0.0682. The highest BCUT2D eigenvalue weighted by molar-refractivity contribution is 5.95. The molecule has 2 aromatic carbocycles. The number of carbonyl (C=O) groups excluding carboxylic acids is 1. The molecule has 7 heteroatoms. The van der Waals surface area contributed by atoms with Crippen molar-refractivity contribution in [2.75, 3.05) is 26.4 Å². The van der Waals surface area contributed by atoms with Gasteiger partial charge in [-0.15, -0.1) is 0 Å². The molecule has 1 fully saturated rings. The number of rotatable bonds is 3. The molecule has 0 radical (unpaired) electrons. The van der Waals surface area contributed by atoms with E-state index in [1.807, 2.05) is 0 Å². The van der Waals surface area contributed by atoms with Gasteiger partial charge in [-0.05, 0) is 29.3 Å². The second kappa shape index (κ2) is 7.47. The van der Waals surface area contributed by atoms with Crippen LogP contribution in [0, 0.1) is 0 Å². The lowest BCUT2D eigenvalue weighted by atomic mass is 9.98. The largest absolute Gasteiger partial charge is 0.417 e. The maximum atomic E-state index is 13.2. The number of alkyl halides is 3. The third-order valence-electron chi connectivity index (χ3n) is 4.37. The molecule has 0 bridgehead atoms. The van der Waals surface area contributed by atoms with Crippen molar-refractivity contribution >= 4 is 5.91 Å². The van der Waals surface area contributed by atoms with Crippen LogP contribution >= 0.6 is 0 Å². The molecule has 4 nitrogen and oxygen atoms in total. The molecule has 3 rings (SSSR count). The standard InChI is InChI=1S/C19H18F3NO3/c20-19(21,22)17-4-2-1-3-16(17)13-5-7-14(8-6-13)18(25)23-9-10-26-12-15(23)11-24/h1-8,15,24H,9-12H2/t15-/m0/s1. The van der Waals surface area contributed by atoms with Crippen molar-refractivity contribution in [3.63, 3.8) is 0 Å². The van der Waals surface area contributed by atoms with Crippen molar-refractivity contribution in [1.29, 1.82) is 0 Å². The first kappa shape index (κ1) is 18.4. The van der Waals surface area contributed by atoms with E-state index in [9.17, 15) is 23.1 Å². The molecule has 0 spiro atoms. The lowest BCUT2D eigenvalue weighted by molar-refractivity contribution is -0.137. The van der Waals surface area contributed by atoms with E-state index in [1.165, 1.54) is 41.3 Å². The van der Waals surface area contributed by atoms with Crippen LogP contribution in [-0.2, 0) is 10.9 Å². The number of nitrogens with zero attached hydrogens (tertiary/aromatic N) is 1. The Bertz CT molecular complexity index is 774. The smallest absolute Gasteiger partial charge is 0.394 e. The Morgan fingerprint density at radius 3 is 2.50 bits per heavy atom. The van der Waals surface area contributed by atoms with Gasteiger partial charge in [0.2, 0.25) is 0 Å². The molecular formula is C19H18F3NO3. The number of morpholine rings is 1. The van der Waals surface area contributed by atoms with Gasteiger partial charge in [-0.3, -0.25) is 4.79 Å². The molecule has 1 N–H and O–H groups in total. The summed E-state index contributed by atoms with van der Waals surface area (Å²) in [6.45, 7) is 0.810. The topological polar surface area (TPSA) is 49.8 Å². The number of carbonyl (C=O) groups is 1. The molecular weight excluding hydrogens is 347 g/mol. The van der Waals surface area contributed by atoms with Crippen molar-refractivity contribution in [3.05, 3.63) is 59.7 Å². The van der Waals surface area contributed by atoms with Crippen LogP contribution in [0.5, 0.6) is 0 Å². The van der Waals surface area contributed by atoms with Gasteiger partial charge >= 0.3 is 6.18 Å². The average Bonchev–Trinajstić information content (AvgIpc) is 2.67. The third-order valence-corrected chi connectivity index (χ3v) is 4.37. The Hall–Kier alpha value is -2.38. The van der Waals surface area contributed by atoms with E-state index in [0.717, 1.165) is 6.07 Å². The number of ether oxygens (including phenoxy) is 1. The molecule has 0 aromatic heterocycles.